The highest BCUT2D eigenvalue weighted by molar-refractivity contribution is 7.99. The molecule has 0 aromatic heterocycles. The van der Waals surface area contributed by atoms with Crippen LogP contribution < -0.4 is 0 Å². The van der Waals surface area contributed by atoms with E-state index >= 15 is 0 Å². The van der Waals surface area contributed by atoms with Crippen molar-refractivity contribution in [2.75, 3.05) is 6.54 Å². The normalized spacial score (nSPS) is 21.5. The molecule has 0 radical (unpaired) electrons. The summed E-state index contributed by atoms with van der Waals surface area (Å²) in [4.78, 5) is 12.4. The molecule has 0 spiro atoms. The third-order valence-electron chi connectivity index (χ3n) is 6.06. The Hall–Kier alpha value is -2.61. The van der Waals surface area contributed by atoms with Gasteiger partial charge in [-0.15, -0.1) is 0 Å². The van der Waals surface area contributed by atoms with Crippen molar-refractivity contribution in [3.8, 4) is 0 Å². The first kappa shape index (κ1) is 23.5. The highest BCUT2D eigenvalue weighted by atomic mass is 32.2. The number of hydrogen-bond acceptors (Lipinski definition) is 4. The molecule has 0 amide bonds. The summed E-state index contributed by atoms with van der Waals surface area (Å²) in [6.07, 6.45) is 0.434. The molecule has 172 valence electrons. The van der Waals surface area contributed by atoms with Gasteiger partial charge in [0.15, 0.2) is 0 Å². The molecule has 7 heteroatoms. The van der Waals surface area contributed by atoms with Gasteiger partial charge < -0.3 is 5.11 Å². The maximum Gasteiger partial charge on any atom is 0.308 e. The molecule has 0 saturated carbocycles. The average molecular weight is 482 g/mol. The van der Waals surface area contributed by atoms with Gasteiger partial charge in [0.05, 0.1) is 16.9 Å². The van der Waals surface area contributed by atoms with Crippen LogP contribution in [0.3, 0.4) is 0 Å². The smallest absolute Gasteiger partial charge is 0.308 e. The Kier molecular flexibility index (Phi) is 7.22. The summed E-state index contributed by atoms with van der Waals surface area (Å²) >= 11 is 1.59. The number of piperidine rings is 1. The molecule has 3 aromatic rings. The van der Waals surface area contributed by atoms with Gasteiger partial charge in [-0.1, -0.05) is 78.4 Å². The maximum absolute atomic E-state index is 13.6. The van der Waals surface area contributed by atoms with E-state index < -0.39 is 28.0 Å². The van der Waals surface area contributed by atoms with Gasteiger partial charge in [-0.3, -0.25) is 4.79 Å². The van der Waals surface area contributed by atoms with Crippen LogP contribution >= 0.6 is 11.8 Å². The van der Waals surface area contributed by atoms with E-state index in [0.29, 0.717) is 12.2 Å². The second kappa shape index (κ2) is 10.1. The van der Waals surface area contributed by atoms with Crippen LogP contribution in [0.25, 0.3) is 0 Å². The molecule has 0 aliphatic carbocycles. The zero-order chi connectivity index (χ0) is 23.4. The summed E-state index contributed by atoms with van der Waals surface area (Å²) in [5.41, 5.74) is 3.09. The van der Waals surface area contributed by atoms with Crippen LogP contribution in [0, 0.1) is 12.8 Å². The number of carboxylic acids is 1. The number of aliphatic carboxylic acids is 1. The van der Waals surface area contributed by atoms with Crippen molar-refractivity contribution in [3.63, 3.8) is 0 Å². The predicted molar refractivity (Wildman–Crippen MR) is 132 cm³/mol. The van der Waals surface area contributed by atoms with Crippen LogP contribution in [-0.4, -0.2) is 35.6 Å². The topological polar surface area (TPSA) is 74.7 Å². The van der Waals surface area contributed by atoms with Gasteiger partial charge in [0.25, 0.3) is 0 Å². The van der Waals surface area contributed by atoms with Crippen molar-refractivity contribution in [2.45, 2.75) is 35.3 Å². The second-order valence-corrected chi connectivity index (χ2v) is 11.4. The van der Waals surface area contributed by atoms with Crippen molar-refractivity contribution in [3.05, 3.63) is 102 Å². The maximum atomic E-state index is 13.6. The monoisotopic (exact) mass is 481 g/mol. The van der Waals surface area contributed by atoms with E-state index in [9.17, 15) is 18.3 Å². The lowest BCUT2D eigenvalue weighted by Gasteiger charge is -2.41. The van der Waals surface area contributed by atoms with Gasteiger partial charge in [-0.2, -0.15) is 16.1 Å². The minimum atomic E-state index is -3.87. The Balaban J connectivity index is 1.69. The van der Waals surface area contributed by atoms with E-state index in [1.54, 1.807) is 42.1 Å². The fourth-order valence-electron chi connectivity index (χ4n) is 4.22. The Morgan fingerprint density at radius 1 is 0.970 bits per heavy atom. The van der Waals surface area contributed by atoms with Gasteiger partial charge in [0, 0.05) is 17.5 Å². The van der Waals surface area contributed by atoms with Gasteiger partial charge in [0.2, 0.25) is 10.0 Å². The van der Waals surface area contributed by atoms with Crippen LogP contribution in [0.5, 0.6) is 0 Å². The third kappa shape index (κ3) is 5.32. The number of thioether (sulfide) groups is 1. The predicted octanol–water partition coefficient (Wildman–Crippen LogP) is 5.13. The van der Waals surface area contributed by atoms with E-state index in [4.69, 9.17) is 0 Å². The van der Waals surface area contributed by atoms with Gasteiger partial charge in [-0.05, 0) is 36.6 Å². The largest absolute Gasteiger partial charge is 0.481 e. The van der Waals surface area contributed by atoms with Gasteiger partial charge in [-0.25, -0.2) is 8.42 Å². The molecule has 5 nitrogen and oxygen atoms in total. The first-order chi connectivity index (χ1) is 15.9. The Morgan fingerprint density at radius 3 is 2.18 bits per heavy atom. The highest BCUT2D eigenvalue weighted by Crippen LogP contribution is 2.43. The molecular formula is C26H27NO4S2. The van der Waals surface area contributed by atoms with Gasteiger partial charge >= 0.3 is 5.97 Å². The fourth-order valence-corrected chi connectivity index (χ4v) is 7.25. The number of hydrogen-bond donors (Lipinski definition) is 1. The lowest BCUT2D eigenvalue weighted by Crippen LogP contribution is -2.49. The molecule has 3 atom stereocenters. The average Bonchev–Trinajstić information content (AvgIpc) is 2.84. The fraction of sp³-hybridized carbons (Fsp3) is 0.269. The first-order valence-corrected chi connectivity index (χ1v) is 13.4. The van der Waals surface area contributed by atoms with Crippen molar-refractivity contribution < 1.29 is 18.3 Å². The minimum Gasteiger partial charge on any atom is -0.481 e. The molecule has 1 saturated heterocycles. The Labute approximate surface area is 199 Å². The van der Waals surface area contributed by atoms with E-state index in [1.165, 1.54) is 4.31 Å². The van der Waals surface area contributed by atoms with E-state index in [1.807, 2.05) is 61.5 Å². The SMILES string of the molecule is Cc1ccc([C@@H]2C[C@@H](SCc3ccccc3)[C@H](C(=O)O)CN2S(=O)(=O)c2ccccc2)cc1. The number of carboxylic acid groups (broad SMARTS) is 1. The lowest BCUT2D eigenvalue weighted by atomic mass is 9.90. The van der Waals surface area contributed by atoms with Crippen LogP contribution in [0.1, 0.15) is 29.2 Å². The van der Waals surface area contributed by atoms with Crippen LogP contribution in [0.15, 0.2) is 89.8 Å². The van der Waals surface area contributed by atoms with E-state index in [0.717, 1.165) is 16.7 Å². The third-order valence-corrected chi connectivity index (χ3v) is 9.40. The zero-order valence-electron chi connectivity index (χ0n) is 18.4. The quantitative estimate of drug-likeness (QED) is 0.506. The summed E-state index contributed by atoms with van der Waals surface area (Å²) < 4.78 is 28.6. The first-order valence-electron chi connectivity index (χ1n) is 10.9. The van der Waals surface area contributed by atoms with Crippen molar-refractivity contribution >= 4 is 27.8 Å². The van der Waals surface area contributed by atoms with E-state index in [2.05, 4.69) is 0 Å². The standard InChI is InChI=1S/C26H27NO4S2/c1-19-12-14-21(15-13-19)24-16-25(32-18-20-8-4-2-5-9-20)23(26(28)29)17-27(24)33(30,31)22-10-6-3-7-11-22/h2-15,23-25H,16-18H2,1H3,(H,28,29)/t23-,24+,25-/m1/s1. The minimum absolute atomic E-state index is 0.0580. The summed E-state index contributed by atoms with van der Waals surface area (Å²) in [6, 6.07) is 25.6. The molecule has 33 heavy (non-hydrogen) atoms. The Morgan fingerprint density at radius 2 is 1.58 bits per heavy atom. The van der Waals surface area contributed by atoms with Gasteiger partial charge in [0.1, 0.15) is 0 Å². The van der Waals surface area contributed by atoms with Crippen LogP contribution in [0.2, 0.25) is 0 Å². The van der Waals surface area contributed by atoms with Crippen molar-refractivity contribution in [1.82, 2.24) is 4.31 Å². The molecule has 4 rings (SSSR count). The summed E-state index contributed by atoms with van der Waals surface area (Å²) in [5, 5.41) is 9.81. The van der Waals surface area contributed by atoms with Crippen LogP contribution in [-0.2, 0) is 20.6 Å². The molecule has 1 aliphatic rings. The van der Waals surface area contributed by atoms with Crippen molar-refractivity contribution in [1.29, 1.82) is 0 Å². The number of carbonyl (C=O) groups is 1. The zero-order valence-corrected chi connectivity index (χ0v) is 20.0. The molecule has 0 bridgehead atoms. The molecule has 3 aromatic carbocycles. The second-order valence-electron chi connectivity index (χ2n) is 8.33. The number of benzene rings is 3. The molecule has 1 fully saturated rings. The van der Waals surface area contributed by atoms with Crippen molar-refractivity contribution in [2.24, 2.45) is 5.92 Å². The summed E-state index contributed by atoms with van der Waals surface area (Å²) in [6.45, 7) is 1.93. The molecule has 0 unspecified atom stereocenters. The molecular weight excluding hydrogens is 454 g/mol. The number of rotatable bonds is 7. The van der Waals surface area contributed by atoms with E-state index in [-0.39, 0.29) is 16.7 Å². The summed E-state index contributed by atoms with van der Waals surface area (Å²) in [7, 11) is -3.87. The molecule has 1 aliphatic heterocycles. The molecule has 1 N–H and O–H groups in total. The number of nitrogens with zero attached hydrogens (tertiary/aromatic N) is 1. The van der Waals surface area contributed by atoms with Crippen LogP contribution in [0.4, 0.5) is 0 Å². The molecule has 1 heterocycles. The Bertz CT molecular complexity index is 1180. The summed E-state index contributed by atoms with van der Waals surface area (Å²) in [5.74, 6) is -1.07. The lowest BCUT2D eigenvalue weighted by molar-refractivity contribution is -0.143. The number of sulfonamides is 1. The highest BCUT2D eigenvalue weighted by Gasteiger charge is 2.45. The number of aryl methyl sites for hydroxylation is 1.